The first kappa shape index (κ1) is 17.2. The highest BCUT2D eigenvalue weighted by atomic mass is 16.5. The van der Waals surface area contributed by atoms with Gasteiger partial charge in [-0.25, -0.2) is 0 Å². The molecule has 3 aromatic carbocycles. The van der Waals surface area contributed by atoms with Gasteiger partial charge >= 0.3 is 0 Å². The standard InChI is InChI=1S/C23H21NO3/c1-14-10-15(2)16(3)21(11-14)26-13-23(25)24-17-8-9-19-18-6-4-5-7-20(18)27-22(19)12-17/h4-12H,13H2,1-3H3,(H,24,25). The van der Waals surface area contributed by atoms with Crippen LogP contribution in [0.5, 0.6) is 5.75 Å². The van der Waals surface area contributed by atoms with Gasteiger partial charge in [-0.2, -0.15) is 0 Å². The van der Waals surface area contributed by atoms with E-state index in [9.17, 15) is 4.79 Å². The second-order valence-electron chi connectivity index (χ2n) is 6.85. The number of anilines is 1. The molecule has 4 aromatic rings. The predicted molar refractivity (Wildman–Crippen MR) is 108 cm³/mol. The number of para-hydroxylation sites is 1. The van der Waals surface area contributed by atoms with Crippen LogP contribution >= 0.6 is 0 Å². The van der Waals surface area contributed by atoms with Crippen molar-refractivity contribution in [1.82, 2.24) is 0 Å². The van der Waals surface area contributed by atoms with Crippen molar-refractivity contribution in [2.75, 3.05) is 11.9 Å². The van der Waals surface area contributed by atoms with Crippen LogP contribution in [0.25, 0.3) is 21.9 Å². The first-order chi connectivity index (χ1) is 13.0. The van der Waals surface area contributed by atoms with Crippen LogP contribution in [0.1, 0.15) is 16.7 Å². The Morgan fingerprint density at radius 3 is 2.59 bits per heavy atom. The molecular weight excluding hydrogens is 338 g/mol. The maximum absolute atomic E-state index is 12.3. The summed E-state index contributed by atoms with van der Waals surface area (Å²) < 4.78 is 11.6. The third kappa shape index (κ3) is 3.38. The van der Waals surface area contributed by atoms with Crippen molar-refractivity contribution in [3.05, 3.63) is 71.3 Å². The van der Waals surface area contributed by atoms with E-state index in [0.29, 0.717) is 5.69 Å². The van der Waals surface area contributed by atoms with E-state index in [1.807, 2.05) is 69.3 Å². The summed E-state index contributed by atoms with van der Waals surface area (Å²) in [6, 6.07) is 17.6. The molecule has 4 heteroatoms. The van der Waals surface area contributed by atoms with Crippen LogP contribution in [0.4, 0.5) is 5.69 Å². The Morgan fingerprint density at radius 2 is 1.74 bits per heavy atom. The Kier molecular flexibility index (Phi) is 4.32. The minimum atomic E-state index is -0.205. The Balaban J connectivity index is 1.49. The van der Waals surface area contributed by atoms with Crippen molar-refractivity contribution in [2.45, 2.75) is 20.8 Å². The number of hydrogen-bond donors (Lipinski definition) is 1. The summed E-state index contributed by atoms with van der Waals surface area (Å²) in [6.07, 6.45) is 0. The fourth-order valence-electron chi connectivity index (χ4n) is 3.29. The van der Waals surface area contributed by atoms with Crippen molar-refractivity contribution in [2.24, 2.45) is 0 Å². The van der Waals surface area contributed by atoms with Crippen LogP contribution in [0, 0.1) is 20.8 Å². The minimum absolute atomic E-state index is 0.0398. The molecule has 1 heterocycles. The molecule has 4 nitrogen and oxygen atoms in total. The number of aryl methyl sites for hydroxylation is 2. The second-order valence-corrected chi connectivity index (χ2v) is 6.85. The van der Waals surface area contributed by atoms with Crippen LogP contribution in [0.2, 0.25) is 0 Å². The molecule has 4 rings (SSSR count). The van der Waals surface area contributed by atoms with E-state index >= 15 is 0 Å². The Bertz CT molecular complexity index is 1160. The smallest absolute Gasteiger partial charge is 0.262 e. The lowest BCUT2D eigenvalue weighted by molar-refractivity contribution is -0.118. The van der Waals surface area contributed by atoms with Gasteiger partial charge in [-0.05, 0) is 61.7 Å². The quantitative estimate of drug-likeness (QED) is 0.521. The maximum Gasteiger partial charge on any atom is 0.262 e. The van der Waals surface area contributed by atoms with E-state index < -0.39 is 0 Å². The summed E-state index contributed by atoms with van der Waals surface area (Å²) in [7, 11) is 0. The molecule has 1 aromatic heterocycles. The van der Waals surface area contributed by atoms with Crippen molar-refractivity contribution in [3.8, 4) is 5.75 Å². The summed E-state index contributed by atoms with van der Waals surface area (Å²) in [4.78, 5) is 12.3. The molecule has 0 saturated heterocycles. The highest BCUT2D eigenvalue weighted by Crippen LogP contribution is 2.30. The van der Waals surface area contributed by atoms with Gasteiger partial charge in [0.05, 0.1) is 0 Å². The SMILES string of the molecule is Cc1cc(C)c(C)c(OCC(=O)Nc2ccc3c(c2)oc2ccccc23)c1. The molecule has 136 valence electrons. The monoisotopic (exact) mass is 359 g/mol. The number of amides is 1. The average molecular weight is 359 g/mol. The number of nitrogens with one attached hydrogen (secondary N) is 1. The summed E-state index contributed by atoms with van der Waals surface area (Å²) in [6.45, 7) is 6.01. The van der Waals surface area contributed by atoms with Crippen molar-refractivity contribution >= 4 is 33.5 Å². The van der Waals surface area contributed by atoms with Crippen LogP contribution < -0.4 is 10.1 Å². The molecule has 0 unspecified atom stereocenters. The average Bonchev–Trinajstić information content (AvgIpc) is 3.01. The summed E-state index contributed by atoms with van der Waals surface area (Å²) in [5.41, 5.74) is 5.60. The van der Waals surface area contributed by atoms with Crippen LogP contribution in [0.3, 0.4) is 0 Å². The largest absolute Gasteiger partial charge is 0.483 e. The lowest BCUT2D eigenvalue weighted by atomic mass is 10.1. The van der Waals surface area contributed by atoms with Gasteiger partial charge in [0, 0.05) is 22.5 Å². The maximum atomic E-state index is 12.3. The van der Waals surface area contributed by atoms with Gasteiger partial charge in [0.1, 0.15) is 16.9 Å². The molecule has 1 amide bonds. The van der Waals surface area contributed by atoms with Gasteiger partial charge in [-0.15, -0.1) is 0 Å². The molecule has 27 heavy (non-hydrogen) atoms. The molecule has 0 saturated carbocycles. The highest BCUT2D eigenvalue weighted by Gasteiger charge is 2.10. The third-order valence-corrected chi connectivity index (χ3v) is 4.79. The zero-order valence-electron chi connectivity index (χ0n) is 15.6. The van der Waals surface area contributed by atoms with Gasteiger partial charge in [-0.1, -0.05) is 24.3 Å². The summed E-state index contributed by atoms with van der Waals surface area (Å²) in [5.74, 6) is 0.541. The van der Waals surface area contributed by atoms with Crippen LogP contribution in [-0.2, 0) is 4.79 Å². The predicted octanol–water partition coefficient (Wildman–Crippen LogP) is 5.53. The van der Waals surface area contributed by atoms with E-state index in [2.05, 4.69) is 11.4 Å². The molecule has 0 aliphatic heterocycles. The number of ether oxygens (including phenoxy) is 1. The van der Waals surface area contributed by atoms with E-state index in [1.54, 1.807) is 0 Å². The van der Waals surface area contributed by atoms with Crippen LogP contribution in [-0.4, -0.2) is 12.5 Å². The Hall–Kier alpha value is -3.27. The van der Waals surface area contributed by atoms with E-state index in [0.717, 1.165) is 44.4 Å². The molecule has 0 aliphatic rings. The van der Waals surface area contributed by atoms with E-state index in [-0.39, 0.29) is 12.5 Å². The van der Waals surface area contributed by atoms with Crippen LogP contribution in [0.15, 0.2) is 59.0 Å². The highest BCUT2D eigenvalue weighted by molar-refractivity contribution is 6.06. The zero-order chi connectivity index (χ0) is 19.0. The lowest BCUT2D eigenvalue weighted by Gasteiger charge is -2.12. The molecular formula is C23H21NO3. The summed E-state index contributed by atoms with van der Waals surface area (Å²) in [5, 5.41) is 4.97. The molecule has 0 atom stereocenters. The Labute approximate surface area is 157 Å². The number of rotatable bonds is 4. The number of fused-ring (bicyclic) bond motifs is 3. The molecule has 0 bridgehead atoms. The normalized spacial score (nSPS) is 11.1. The van der Waals surface area contributed by atoms with Crippen molar-refractivity contribution in [3.63, 3.8) is 0 Å². The minimum Gasteiger partial charge on any atom is -0.483 e. The number of hydrogen-bond acceptors (Lipinski definition) is 3. The van der Waals surface area contributed by atoms with E-state index in [1.165, 1.54) is 0 Å². The first-order valence-corrected chi connectivity index (χ1v) is 8.93. The van der Waals surface area contributed by atoms with E-state index in [4.69, 9.17) is 9.15 Å². The van der Waals surface area contributed by atoms with Crippen molar-refractivity contribution < 1.29 is 13.9 Å². The third-order valence-electron chi connectivity index (χ3n) is 4.79. The number of furan rings is 1. The van der Waals surface area contributed by atoms with Gasteiger partial charge < -0.3 is 14.5 Å². The lowest BCUT2D eigenvalue weighted by Crippen LogP contribution is -2.20. The molecule has 0 aliphatic carbocycles. The molecule has 1 N–H and O–H groups in total. The zero-order valence-corrected chi connectivity index (χ0v) is 15.6. The van der Waals surface area contributed by atoms with Crippen molar-refractivity contribution in [1.29, 1.82) is 0 Å². The molecule has 0 fully saturated rings. The molecule has 0 spiro atoms. The van der Waals surface area contributed by atoms with Gasteiger partial charge in [0.2, 0.25) is 0 Å². The molecule has 0 radical (unpaired) electrons. The number of carbonyl (C=O) groups is 1. The van der Waals surface area contributed by atoms with Gasteiger partial charge in [-0.3, -0.25) is 4.79 Å². The number of carbonyl (C=O) groups excluding carboxylic acids is 1. The first-order valence-electron chi connectivity index (χ1n) is 8.93. The van der Waals surface area contributed by atoms with Gasteiger partial charge in [0.25, 0.3) is 5.91 Å². The summed E-state index contributed by atoms with van der Waals surface area (Å²) >= 11 is 0. The topological polar surface area (TPSA) is 51.5 Å². The second kappa shape index (κ2) is 6.80. The Morgan fingerprint density at radius 1 is 0.963 bits per heavy atom. The fourth-order valence-corrected chi connectivity index (χ4v) is 3.29. The number of benzene rings is 3. The van der Waals surface area contributed by atoms with Gasteiger partial charge in [0.15, 0.2) is 6.61 Å². The fraction of sp³-hybridized carbons (Fsp3) is 0.174.